The maximum Gasteiger partial charge on any atom is 0.229 e. The molecule has 0 spiro atoms. The average Bonchev–Trinajstić information content (AvgIpc) is 2.68. The fraction of sp³-hybridized carbons (Fsp3) is 0.636. The van der Waals surface area contributed by atoms with E-state index in [2.05, 4.69) is 10.6 Å². The van der Waals surface area contributed by atoms with Crippen LogP contribution in [0.2, 0.25) is 0 Å². The van der Waals surface area contributed by atoms with Gasteiger partial charge in [0.05, 0.1) is 18.7 Å². The molecule has 0 aromatic heterocycles. The molecule has 0 bridgehead atoms. The van der Waals surface area contributed by atoms with E-state index < -0.39 is 5.54 Å². The van der Waals surface area contributed by atoms with Gasteiger partial charge >= 0.3 is 0 Å². The van der Waals surface area contributed by atoms with Crippen LogP contribution < -0.4 is 21.1 Å². The van der Waals surface area contributed by atoms with Crippen molar-refractivity contribution in [2.24, 2.45) is 17.6 Å². The highest BCUT2D eigenvalue weighted by Crippen LogP contribution is 2.34. The number of anilines is 2. The zero-order valence-electron chi connectivity index (χ0n) is 17.5. The van der Waals surface area contributed by atoms with Crippen LogP contribution in [0.4, 0.5) is 11.4 Å². The van der Waals surface area contributed by atoms with Gasteiger partial charge in [0.2, 0.25) is 11.8 Å². The molecule has 4 N–H and O–H groups in total. The largest absolute Gasteiger partial charge is 0.495 e. The molecular formula is C22H34ClN3O3. The SMILES string of the molecule is COc1ccc(NC(=O)C2CCCCC2(C)N)cc1NC(=O)C1CCCCC1.Cl. The number of halogens is 1. The van der Waals surface area contributed by atoms with Crippen molar-refractivity contribution in [3.05, 3.63) is 18.2 Å². The zero-order valence-corrected chi connectivity index (χ0v) is 18.3. The second-order valence-electron chi connectivity index (χ2n) is 8.53. The molecule has 2 aliphatic rings. The molecule has 3 rings (SSSR count). The number of methoxy groups -OCH3 is 1. The molecule has 2 amide bonds. The molecule has 2 fully saturated rings. The molecule has 2 saturated carbocycles. The molecule has 29 heavy (non-hydrogen) atoms. The van der Waals surface area contributed by atoms with Crippen LogP contribution in [0.3, 0.4) is 0 Å². The molecule has 1 aromatic carbocycles. The second-order valence-corrected chi connectivity index (χ2v) is 8.53. The van der Waals surface area contributed by atoms with Gasteiger partial charge in [0.1, 0.15) is 5.75 Å². The first-order valence-electron chi connectivity index (χ1n) is 10.5. The van der Waals surface area contributed by atoms with Crippen molar-refractivity contribution in [3.8, 4) is 5.75 Å². The van der Waals surface area contributed by atoms with E-state index in [9.17, 15) is 9.59 Å². The highest BCUT2D eigenvalue weighted by molar-refractivity contribution is 5.97. The topological polar surface area (TPSA) is 93.4 Å². The van der Waals surface area contributed by atoms with Crippen LogP contribution >= 0.6 is 12.4 Å². The lowest BCUT2D eigenvalue weighted by atomic mass is 9.74. The normalized spacial score (nSPS) is 24.9. The third-order valence-corrected chi connectivity index (χ3v) is 6.27. The van der Waals surface area contributed by atoms with Crippen LogP contribution in [0, 0.1) is 11.8 Å². The summed E-state index contributed by atoms with van der Waals surface area (Å²) in [6, 6.07) is 5.34. The summed E-state index contributed by atoms with van der Waals surface area (Å²) in [6.45, 7) is 1.96. The molecule has 0 aliphatic heterocycles. The Morgan fingerprint density at radius 1 is 1.03 bits per heavy atom. The second kappa shape index (κ2) is 10.3. The summed E-state index contributed by atoms with van der Waals surface area (Å²) in [5, 5.41) is 5.99. The Labute approximate surface area is 179 Å². The number of nitrogens with one attached hydrogen (secondary N) is 2. The number of carbonyl (C=O) groups excluding carboxylic acids is 2. The maximum absolute atomic E-state index is 12.8. The molecule has 162 valence electrons. The standard InChI is InChI=1S/C22H33N3O3.ClH/c1-22(23)13-7-6-10-17(22)21(27)24-16-11-12-19(28-2)18(14-16)25-20(26)15-8-4-3-5-9-15;/h11-12,14-15,17H,3-10,13,23H2,1-2H3,(H,24,27)(H,25,26);1H. The predicted octanol–water partition coefficient (Wildman–Crippen LogP) is 4.48. The van der Waals surface area contributed by atoms with E-state index >= 15 is 0 Å². The fourth-order valence-electron chi connectivity index (χ4n) is 4.50. The van der Waals surface area contributed by atoms with Gasteiger partial charge in [0, 0.05) is 17.1 Å². The molecule has 1 aromatic rings. The molecule has 2 aliphatic carbocycles. The van der Waals surface area contributed by atoms with Crippen molar-refractivity contribution in [2.75, 3.05) is 17.7 Å². The van der Waals surface area contributed by atoms with Gasteiger partial charge in [0.15, 0.2) is 0 Å². The first-order chi connectivity index (χ1) is 13.4. The third kappa shape index (κ3) is 5.86. The lowest BCUT2D eigenvalue weighted by Crippen LogP contribution is -2.51. The smallest absolute Gasteiger partial charge is 0.229 e. The molecule has 2 unspecified atom stereocenters. The van der Waals surface area contributed by atoms with E-state index in [1.807, 2.05) is 6.92 Å². The van der Waals surface area contributed by atoms with Crippen molar-refractivity contribution in [3.63, 3.8) is 0 Å². The van der Waals surface area contributed by atoms with Crippen molar-refractivity contribution in [1.82, 2.24) is 0 Å². The number of rotatable bonds is 5. The van der Waals surface area contributed by atoms with Crippen LogP contribution in [-0.2, 0) is 9.59 Å². The van der Waals surface area contributed by atoms with Gasteiger partial charge in [-0.15, -0.1) is 12.4 Å². The summed E-state index contributed by atoms with van der Waals surface area (Å²) in [7, 11) is 1.58. The lowest BCUT2D eigenvalue weighted by molar-refractivity contribution is -0.123. The molecule has 2 atom stereocenters. The van der Waals surface area contributed by atoms with Crippen LogP contribution in [0.1, 0.15) is 64.7 Å². The van der Waals surface area contributed by atoms with Gasteiger partial charge in [-0.2, -0.15) is 0 Å². The van der Waals surface area contributed by atoms with Crippen molar-refractivity contribution >= 4 is 35.6 Å². The highest BCUT2D eigenvalue weighted by atomic mass is 35.5. The minimum absolute atomic E-state index is 0. The summed E-state index contributed by atoms with van der Waals surface area (Å²) in [5.41, 5.74) is 7.12. The van der Waals surface area contributed by atoms with Gasteiger partial charge in [-0.1, -0.05) is 32.1 Å². The molecule has 0 heterocycles. The van der Waals surface area contributed by atoms with Crippen molar-refractivity contribution < 1.29 is 14.3 Å². The van der Waals surface area contributed by atoms with Crippen LogP contribution in [0.25, 0.3) is 0 Å². The highest BCUT2D eigenvalue weighted by Gasteiger charge is 2.37. The first-order valence-corrected chi connectivity index (χ1v) is 10.5. The van der Waals surface area contributed by atoms with E-state index in [0.717, 1.165) is 51.4 Å². The molecule has 0 radical (unpaired) electrons. The molecular weight excluding hydrogens is 390 g/mol. The molecule has 0 saturated heterocycles. The number of amides is 2. The Hall–Kier alpha value is -1.79. The number of nitrogens with two attached hydrogens (primary N) is 1. The number of hydrogen-bond donors (Lipinski definition) is 3. The lowest BCUT2D eigenvalue weighted by Gasteiger charge is -2.37. The van der Waals surface area contributed by atoms with Gasteiger partial charge in [0.25, 0.3) is 0 Å². The van der Waals surface area contributed by atoms with Crippen molar-refractivity contribution in [2.45, 2.75) is 70.3 Å². The molecule has 7 heteroatoms. The Bertz CT molecular complexity index is 717. The predicted molar refractivity (Wildman–Crippen MR) is 119 cm³/mol. The van der Waals surface area contributed by atoms with E-state index in [4.69, 9.17) is 10.5 Å². The third-order valence-electron chi connectivity index (χ3n) is 6.27. The number of ether oxygens (including phenoxy) is 1. The summed E-state index contributed by atoms with van der Waals surface area (Å²) < 4.78 is 5.40. The maximum atomic E-state index is 12.8. The summed E-state index contributed by atoms with van der Waals surface area (Å²) in [5.74, 6) is 0.409. The quantitative estimate of drug-likeness (QED) is 0.650. The van der Waals surface area contributed by atoms with E-state index in [1.54, 1.807) is 25.3 Å². The van der Waals surface area contributed by atoms with Gasteiger partial charge < -0.3 is 21.1 Å². The summed E-state index contributed by atoms with van der Waals surface area (Å²) in [4.78, 5) is 25.4. The van der Waals surface area contributed by atoms with Gasteiger partial charge in [-0.05, 0) is 50.8 Å². The van der Waals surface area contributed by atoms with Crippen LogP contribution in [0.5, 0.6) is 5.75 Å². The Kier molecular flexibility index (Phi) is 8.34. The minimum Gasteiger partial charge on any atom is -0.495 e. The number of hydrogen-bond acceptors (Lipinski definition) is 4. The zero-order chi connectivity index (χ0) is 20.1. The summed E-state index contributed by atoms with van der Waals surface area (Å²) >= 11 is 0. The van der Waals surface area contributed by atoms with Crippen molar-refractivity contribution in [1.29, 1.82) is 0 Å². The van der Waals surface area contributed by atoms with Gasteiger partial charge in [-0.25, -0.2) is 0 Å². The van der Waals surface area contributed by atoms with E-state index in [0.29, 0.717) is 17.1 Å². The van der Waals surface area contributed by atoms with Gasteiger partial charge in [-0.3, -0.25) is 9.59 Å². The minimum atomic E-state index is -0.479. The molecule has 6 nitrogen and oxygen atoms in total. The van der Waals surface area contributed by atoms with Crippen LogP contribution in [0.15, 0.2) is 18.2 Å². The number of benzene rings is 1. The Morgan fingerprint density at radius 3 is 2.38 bits per heavy atom. The Morgan fingerprint density at radius 2 is 1.72 bits per heavy atom. The monoisotopic (exact) mass is 423 g/mol. The first kappa shape index (κ1) is 23.5. The average molecular weight is 424 g/mol. The number of carbonyl (C=O) groups is 2. The fourth-order valence-corrected chi connectivity index (χ4v) is 4.50. The Balaban J connectivity index is 0.00000300. The van der Waals surface area contributed by atoms with E-state index in [1.165, 1.54) is 6.42 Å². The summed E-state index contributed by atoms with van der Waals surface area (Å²) in [6.07, 6.45) is 9.02. The van der Waals surface area contributed by atoms with Crippen LogP contribution in [-0.4, -0.2) is 24.5 Å². The van der Waals surface area contributed by atoms with E-state index in [-0.39, 0.29) is 36.1 Å².